The lowest BCUT2D eigenvalue weighted by molar-refractivity contribution is -0.890. The van der Waals surface area contributed by atoms with Crippen LogP contribution in [-0.4, -0.2) is 61.8 Å². The Bertz CT molecular complexity index is 354. The van der Waals surface area contributed by atoms with Crippen LogP contribution in [0.25, 0.3) is 0 Å². The van der Waals surface area contributed by atoms with Crippen LogP contribution in [0.2, 0.25) is 5.54 Å². The Hall–Kier alpha value is 0.0569. The van der Waals surface area contributed by atoms with Gasteiger partial charge in [0.2, 0.25) is 0 Å². The van der Waals surface area contributed by atoms with Crippen molar-refractivity contribution in [2.24, 2.45) is 0 Å². The predicted molar refractivity (Wildman–Crippen MR) is 128 cm³/mol. The highest BCUT2D eigenvalue weighted by atomic mass is 28.4. The van der Waals surface area contributed by atoms with Gasteiger partial charge in [0.1, 0.15) is 0 Å². The molecule has 0 bridgehead atoms. The van der Waals surface area contributed by atoms with Crippen LogP contribution in [-0.2, 0) is 13.3 Å². The zero-order valence-electron chi connectivity index (χ0n) is 21.1. The second-order valence-corrected chi connectivity index (χ2v) is 13.0. The lowest BCUT2D eigenvalue weighted by Gasteiger charge is -2.37. The molecule has 0 aliphatic rings. The van der Waals surface area contributed by atoms with Crippen LogP contribution in [0.4, 0.5) is 0 Å². The lowest BCUT2D eigenvalue weighted by Crippen LogP contribution is -2.53. The van der Waals surface area contributed by atoms with Gasteiger partial charge >= 0.3 is 8.80 Å². The molecule has 4 nitrogen and oxygen atoms in total. The molecule has 0 aromatic rings. The molecule has 29 heavy (non-hydrogen) atoms. The quantitative estimate of drug-likeness (QED) is 0.113. The van der Waals surface area contributed by atoms with Gasteiger partial charge in [0, 0.05) is 21.3 Å². The Morgan fingerprint density at radius 1 is 0.621 bits per heavy atom. The summed E-state index contributed by atoms with van der Waals surface area (Å²) in [4.78, 5) is 0. The van der Waals surface area contributed by atoms with Crippen molar-refractivity contribution in [2.75, 3.05) is 48.5 Å². The van der Waals surface area contributed by atoms with Crippen LogP contribution in [0.5, 0.6) is 0 Å². The second-order valence-electron chi connectivity index (χ2n) is 9.56. The minimum atomic E-state index is -2.53. The van der Waals surface area contributed by atoms with E-state index in [2.05, 4.69) is 27.9 Å². The highest BCUT2D eigenvalue weighted by Crippen LogP contribution is 2.26. The van der Waals surface area contributed by atoms with Crippen LogP contribution < -0.4 is 0 Å². The van der Waals surface area contributed by atoms with E-state index in [1.807, 2.05) is 0 Å². The number of hydrogen-bond donors (Lipinski definition) is 0. The summed E-state index contributed by atoms with van der Waals surface area (Å²) in [6.45, 7) is 6.73. The summed E-state index contributed by atoms with van der Waals surface area (Å²) in [5, 5.41) is 0. The van der Waals surface area contributed by atoms with Crippen molar-refractivity contribution < 1.29 is 17.8 Å². The predicted octanol–water partition coefficient (Wildman–Crippen LogP) is 6.81. The Balaban J connectivity index is 3.69. The largest absolute Gasteiger partial charge is 0.508 e. The summed E-state index contributed by atoms with van der Waals surface area (Å²) in [6, 6.07) is 0. The monoisotopic (exact) mass is 432 g/mol. The first-order valence-corrected chi connectivity index (χ1v) is 14.1. The van der Waals surface area contributed by atoms with E-state index in [0.717, 1.165) is 11.0 Å². The van der Waals surface area contributed by atoms with E-state index in [9.17, 15) is 0 Å². The molecule has 0 amide bonds. The molecule has 0 saturated heterocycles. The van der Waals surface area contributed by atoms with Crippen LogP contribution in [0.1, 0.15) is 104 Å². The molecule has 0 heterocycles. The van der Waals surface area contributed by atoms with Crippen molar-refractivity contribution in [1.82, 2.24) is 0 Å². The molecule has 176 valence electrons. The highest BCUT2D eigenvalue weighted by molar-refractivity contribution is 6.62. The van der Waals surface area contributed by atoms with Crippen molar-refractivity contribution in [3.05, 3.63) is 0 Å². The molecule has 0 rings (SSSR count). The van der Waals surface area contributed by atoms with E-state index in [1.165, 1.54) is 96.4 Å². The summed E-state index contributed by atoms with van der Waals surface area (Å²) >= 11 is 0. The maximum Gasteiger partial charge on any atom is 0.508 e. The minimum Gasteiger partial charge on any atom is -0.377 e. The molecule has 0 radical (unpaired) electrons. The zero-order valence-corrected chi connectivity index (χ0v) is 22.1. The Morgan fingerprint density at radius 2 is 0.966 bits per heavy atom. The molecular formula is C24H54NO3Si+. The molecule has 0 aliphatic heterocycles. The highest BCUT2D eigenvalue weighted by Gasteiger charge is 2.47. The third kappa shape index (κ3) is 13.9. The SMILES string of the molecule is CCCCCCCCCCCCCCCC[N+](C)(C)CC(C)[Si](OC)(OC)OC. The Kier molecular flexibility index (Phi) is 17.7. The normalized spacial score (nSPS) is 13.8. The van der Waals surface area contributed by atoms with Crippen molar-refractivity contribution in [3.63, 3.8) is 0 Å². The van der Waals surface area contributed by atoms with E-state index < -0.39 is 8.80 Å². The smallest absolute Gasteiger partial charge is 0.377 e. The van der Waals surface area contributed by atoms with Crippen molar-refractivity contribution >= 4 is 8.80 Å². The Morgan fingerprint density at radius 3 is 1.31 bits per heavy atom. The van der Waals surface area contributed by atoms with Crippen LogP contribution >= 0.6 is 0 Å². The number of nitrogens with zero attached hydrogens (tertiary/aromatic N) is 1. The molecule has 0 aliphatic carbocycles. The third-order valence-corrected chi connectivity index (χ3v) is 9.44. The van der Waals surface area contributed by atoms with E-state index in [1.54, 1.807) is 21.3 Å². The van der Waals surface area contributed by atoms with Crippen molar-refractivity contribution in [2.45, 2.75) is 109 Å². The summed E-state index contributed by atoms with van der Waals surface area (Å²) in [7, 11) is 7.24. The zero-order chi connectivity index (χ0) is 22.0. The summed E-state index contributed by atoms with van der Waals surface area (Å²) < 4.78 is 18.0. The van der Waals surface area contributed by atoms with Gasteiger partial charge in [-0.25, -0.2) is 0 Å². The molecule has 0 fully saturated rings. The molecular weight excluding hydrogens is 378 g/mol. The molecule has 1 unspecified atom stereocenters. The fraction of sp³-hybridized carbons (Fsp3) is 1.00. The topological polar surface area (TPSA) is 27.7 Å². The third-order valence-electron chi connectivity index (χ3n) is 6.34. The maximum absolute atomic E-state index is 5.66. The van der Waals surface area contributed by atoms with Gasteiger partial charge < -0.3 is 17.8 Å². The van der Waals surface area contributed by atoms with Crippen molar-refractivity contribution in [1.29, 1.82) is 0 Å². The van der Waals surface area contributed by atoms with Gasteiger partial charge in [-0.15, -0.1) is 0 Å². The fourth-order valence-electron chi connectivity index (χ4n) is 4.53. The second kappa shape index (κ2) is 17.7. The van der Waals surface area contributed by atoms with Gasteiger partial charge in [-0.3, -0.25) is 0 Å². The van der Waals surface area contributed by atoms with E-state index >= 15 is 0 Å². The molecule has 0 N–H and O–H groups in total. The molecule has 5 heteroatoms. The van der Waals surface area contributed by atoms with Gasteiger partial charge in [0.25, 0.3) is 0 Å². The van der Waals surface area contributed by atoms with E-state index in [0.29, 0.717) is 5.54 Å². The molecule has 1 atom stereocenters. The lowest BCUT2D eigenvalue weighted by atomic mass is 10.0. The van der Waals surface area contributed by atoms with Crippen molar-refractivity contribution in [3.8, 4) is 0 Å². The van der Waals surface area contributed by atoms with Gasteiger partial charge in [0.15, 0.2) is 0 Å². The number of unbranched alkanes of at least 4 members (excludes halogenated alkanes) is 13. The minimum absolute atomic E-state index is 0.296. The summed E-state index contributed by atoms with van der Waals surface area (Å²) in [5.74, 6) is 0. The fourth-order valence-corrected chi connectivity index (χ4v) is 6.96. The van der Waals surface area contributed by atoms with Gasteiger partial charge in [-0.2, -0.15) is 0 Å². The molecule has 0 aromatic carbocycles. The summed E-state index contributed by atoms with van der Waals surface area (Å²) in [6.07, 6.45) is 19.8. The molecule has 0 aromatic heterocycles. The first-order chi connectivity index (χ1) is 13.9. The standard InChI is InChI=1S/C24H54NO3Si/c1-8-9-10-11-12-13-14-15-16-17-18-19-20-21-22-25(3,4)23-24(2)29(26-5,27-6)28-7/h24H,8-23H2,1-7H3/q+1. The first-order valence-electron chi connectivity index (χ1n) is 12.3. The average Bonchev–Trinajstić information content (AvgIpc) is 2.69. The van der Waals surface area contributed by atoms with E-state index in [-0.39, 0.29) is 0 Å². The van der Waals surface area contributed by atoms with Gasteiger partial charge in [-0.1, -0.05) is 90.9 Å². The molecule has 0 saturated carbocycles. The molecule has 0 spiro atoms. The van der Waals surface area contributed by atoms with Crippen LogP contribution in [0.3, 0.4) is 0 Å². The van der Waals surface area contributed by atoms with Gasteiger partial charge in [-0.05, 0) is 12.8 Å². The maximum atomic E-state index is 5.66. The Labute approximate surface area is 184 Å². The van der Waals surface area contributed by atoms with Gasteiger partial charge in [0.05, 0.1) is 32.7 Å². The summed E-state index contributed by atoms with van der Waals surface area (Å²) in [5.41, 5.74) is 0.296. The number of hydrogen-bond acceptors (Lipinski definition) is 3. The van der Waals surface area contributed by atoms with Crippen LogP contribution in [0, 0.1) is 0 Å². The van der Waals surface area contributed by atoms with E-state index in [4.69, 9.17) is 13.3 Å². The average molecular weight is 433 g/mol. The van der Waals surface area contributed by atoms with Crippen LogP contribution in [0.15, 0.2) is 0 Å². The first kappa shape index (κ1) is 29.1. The number of quaternary nitrogens is 1. The number of rotatable bonds is 21.